The second-order valence-electron chi connectivity index (χ2n) is 15.8. The van der Waals surface area contributed by atoms with Gasteiger partial charge < -0.3 is 30.1 Å². The number of halogens is 2. The zero-order chi connectivity index (χ0) is 53.5. The molecule has 4 N–H and O–H groups in total. The number of carbonyl (C=O) groups excluding carboxylic acids is 1. The number of nitrogens with one attached hydrogen (secondary N) is 1. The van der Waals surface area contributed by atoms with Crippen LogP contribution in [0, 0.1) is 0 Å². The third-order valence-corrected chi connectivity index (χ3v) is 14.0. The van der Waals surface area contributed by atoms with Crippen LogP contribution in [-0.2, 0) is 33.1 Å². The number of nitrogens with zero attached hydrogens (tertiary/aromatic N) is 5. The first-order chi connectivity index (χ1) is 35.3. The summed E-state index contributed by atoms with van der Waals surface area (Å²) < 4.78 is 77.2. The van der Waals surface area contributed by atoms with Gasteiger partial charge in [-0.15, -0.1) is 5.11 Å². The van der Waals surface area contributed by atoms with Gasteiger partial charge in [-0.3, -0.25) is 18.9 Å². The number of amides is 1. The molecule has 0 unspecified atom stereocenters. The van der Waals surface area contributed by atoms with Gasteiger partial charge in [0.1, 0.15) is 27.0 Å². The summed E-state index contributed by atoms with van der Waals surface area (Å²) in [6.45, 7) is 3.34. The predicted octanol–water partition coefficient (Wildman–Crippen LogP) is 11.5. The number of azo groups is 2. The molecule has 18 nitrogen and oxygen atoms in total. The van der Waals surface area contributed by atoms with Gasteiger partial charge in [-0.1, -0.05) is 103 Å². The summed E-state index contributed by atoms with van der Waals surface area (Å²) in [5.41, 5.74) is 0.951. The van der Waals surface area contributed by atoms with Crippen LogP contribution < -0.4 is 25.0 Å². The maximum Gasteiger partial charge on any atom is 2.00 e. The second kappa shape index (κ2) is 24.7. The Kier molecular flexibility index (Phi) is 19.0. The number of phenols is 1. The summed E-state index contributed by atoms with van der Waals surface area (Å²) in [5.74, 6) is -1.40. The van der Waals surface area contributed by atoms with Gasteiger partial charge in [0, 0.05) is 39.7 Å². The van der Waals surface area contributed by atoms with Gasteiger partial charge in [0.2, 0.25) is 0 Å². The van der Waals surface area contributed by atoms with E-state index in [0.29, 0.717) is 44.4 Å². The maximum absolute atomic E-state index is 13.4. The Morgan fingerprint density at radius 3 is 1.63 bits per heavy atom. The number of carbonyl (C=O) groups is 1. The number of benzene rings is 8. The second-order valence-corrected chi connectivity index (χ2v) is 19.3. The Labute approximate surface area is 470 Å². The molecule has 0 bridgehead atoms. The van der Waals surface area contributed by atoms with E-state index in [9.17, 15) is 46.1 Å². The minimum absolute atomic E-state index is 0. The number of ether oxygens (including phenoxy) is 2. The molecule has 8 aromatic carbocycles. The Morgan fingerprint density at radius 2 is 1.11 bits per heavy atom. The Morgan fingerprint density at radius 1 is 0.627 bits per heavy atom. The zero-order valence-corrected chi connectivity index (χ0v) is 45.5. The first-order valence-corrected chi connectivity index (χ1v) is 25.7. The molecule has 0 saturated carbocycles. The summed E-state index contributed by atoms with van der Waals surface area (Å²) in [6.07, 6.45) is 0.340. The molecular formula is C52H42CaCl2N6O12S2. The van der Waals surface area contributed by atoms with E-state index < -0.39 is 53.3 Å². The van der Waals surface area contributed by atoms with Crippen LogP contribution in [0.2, 0.25) is 10.0 Å². The molecule has 0 heterocycles. The molecule has 0 aromatic heterocycles. The summed E-state index contributed by atoms with van der Waals surface area (Å²) in [4.78, 5) is 16.2. The number of aromatic hydroxyl groups is 1. The van der Waals surface area contributed by atoms with Gasteiger partial charge in [-0.05, 0) is 95.7 Å². The molecule has 75 heavy (non-hydrogen) atoms. The van der Waals surface area contributed by atoms with Gasteiger partial charge in [0.15, 0.2) is 5.75 Å². The molecule has 0 saturated heterocycles. The van der Waals surface area contributed by atoms with Crippen molar-refractivity contribution < 1.29 is 55.5 Å². The smallest absolute Gasteiger partial charge is 0.871 e. The number of rotatable bonds is 14. The third-order valence-electron chi connectivity index (χ3n) is 11.2. The Hall–Kier alpha value is -6.72. The van der Waals surface area contributed by atoms with E-state index in [-0.39, 0.29) is 106 Å². The standard InChI is InChI=1S/2C26H22ClN3O6S.Ca/c2*1-3-18-22(12-11-21(27)25(18)37(33,34)35)29-30-23-19-10-5-4-7-15(19)13-20(24(23)31)26(32)28-16-8-6-9-17(14-16)36-2;/h2*4-14,31H,3H2,1-2H3,(H,28,32)(H,33,34,35);/q;;+2/p-2. The largest absolute Gasteiger partial charge is 2.00 e. The minimum atomic E-state index is -4.64. The van der Waals surface area contributed by atoms with Crippen LogP contribution in [0.15, 0.2) is 169 Å². The van der Waals surface area contributed by atoms with Gasteiger partial charge in [-0.25, -0.2) is 0 Å². The number of hydrogen-bond donors (Lipinski definition) is 4. The van der Waals surface area contributed by atoms with Crippen molar-refractivity contribution in [2.45, 2.75) is 36.5 Å². The first-order valence-electron chi connectivity index (χ1n) is 22.0. The fraction of sp³-hybridized carbons (Fsp3) is 0.115. The van der Waals surface area contributed by atoms with E-state index in [1.165, 1.54) is 50.6 Å². The van der Waals surface area contributed by atoms with Gasteiger partial charge in [0.05, 0.1) is 52.6 Å². The molecule has 0 aliphatic heterocycles. The van der Waals surface area contributed by atoms with Crippen LogP contribution in [0.1, 0.15) is 40.9 Å². The molecule has 8 rings (SSSR count). The molecular weight excluding hydrogens is 1080 g/mol. The first kappa shape index (κ1) is 57.6. The quantitative estimate of drug-likeness (QED) is 0.0260. The molecule has 0 atom stereocenters. The Bertz CT molecular complexity index is 3830. The van der Waals surface area contributed by atoms with Crippen LogP contribution in [0.4, 0.5) is 34.1 Å². The van der Waals surface area contributed by atoms with Crippen LogP contribution in [0.25, 0.3) is 21.5 Å². The zero-order valence-electron chi connectivity index (χ0n) is 40.1. The van der Waals surface area contributed by atoms with Gasteiger partial charge >= 0.3 is 37.7 Å². The van der Waals surface area contributed by atoms with Crippen molar-refractivity contribution in [3.63, 3.8) is 0 Å². The van der Waals surface area contributed by atoms with Crippen LogP contribution in [0.3, 0.4) is 0 Å². The number of hydrogen-bond acceptors (Lipinski definition) is 15. The van der Waals surface area contributed by atoms with E-state index in [1.54, 1.807) is 111 Å². The number of phenolic OH excluding ortho intramolecular Hbond substituents is 1. The van der Waals surface area contributed by atoms with Crippen molar-refractivity contribution in [2.24, 2.45) is 25.4 Å². The summed E-state index contributed by atoms with van der Waals surface area (Å²) in [7, 11) is -6.26. The van der Waals surface area contributed by atoms with Crippen molar-refractivity contribution in [3.05, 3.63) is 166 Å². The Balaban J connectivity index is 0.000000241. The third kappa shape index (κ3) is 13.2. The number of aliphatic imine (C=N–C) groups is 1. The van der Waals surface area contributed by atoms with Crippen molar-refractivity contribution in [1.29, 1.82) is 0 Å². The van der Waals surface area contributed by atoms with Crippen LogP contribution in [-0.4, -0.2) is 94.8 Å². The minimum Gasteiger partial charge on any atom is -0.871 e. The molecule has 0 radical (unpaired) electrons. The van der Waals surface area contributed by atoms with Crippen molar-refractivity contribution in [1.82, 2.24) is 0 Å². The molecule has 0 aliphatic carbocycles. The summed E-state index contributed by atoms with van der Waals surface area (Å²) >= 11 is 12.0. The average molecular weight is 1120 g/mol. The fourth-order valence-electron chi connectivity index (χ4n) is 7.73. The summed E-state index contributed by atoms with van der Waals surface area (Å²) in [5, 5.41) is 58.6. The monoisotopic (exact) mass is 1120 g/mol. The van der Waals surface area contributed by atoms with Gasteiger partial charge in [-0.2, -0.15) is 32.2 Å². The van der Waals surface area contributed by atoms with Crippen LogP contribution in [0.5, 0.6) is 23.0 Å². The maximum atomic E-state index is 13.4. The van der Waals surface area contributed by atoms with E-state index >= 15 is 0 Å². The molecule has 0 aliphatic rings. The molecule has 8 aromatic rings. The molecule has 0 fully saturated rings. The van der Waals surface area contributed by atoms with Crippen molar-refractivity contribution >= 4 is 149 Å². The topological polar surface area (TPSA) is 284 Å². The molecule has 0 spiro atoms. The van der Waals surface area contributed by atoms with E-state index in [1.807, 2.05) is 0 Å². The average Bonchev–Trinajstić information content (AvgIpc) is 3.37. The number of methoxy groups -OCH3 is 2. The van der Waals surface area contributed by atoms with Gasteiger partial charge in [0.25, 0.3) is 26.1 Å². The van der Waals surface area contributed by atoms with E-state index in [4.69, 9.17) is 32.7 Å². The van der Waals surface area contributed by atoms with Crippen molar-refractivity contribution in [2.75, 3.05) is 19.5 Å². The van der Waals surface area contributed by atoms with Crippen LogP contribution >= 0.6 is 23.2 Å². The molecule has 380 valence electrons. The van der Waals surface area contributed by atoms with E-state index in [2.05, 4.69) is 30.8 Å². The SMILES string of the molecule is CCc1c(N=Nc2c(O)c(C(=O)Nc3cccc(OC)c3)cc3ccccc23)ccc(Cl)c1S(=O)(=O)O.CCc1c(N=Nc2c([O-])c(C([O-])=Nc3cccc(OC)c3)cc3ccccc23)ccc(Cl)c1S(=O)(=O)O.[Ca+2]. The number of fused-ring (bicyclic) bond motifs is 2. The van der Waals surface area contributed by atoms with E-state index in [0.717, 1.165) is 0 Å². The normalized spacial score (nSPS) is 11.9. The molecule has 1 amide bonds. The number of anilines is 1. The fourth-order valence-corrected chi connectivity index (χ4v) is 10.4. The van der Waals surface area contributed by atoms with Crippen molar-refractivity contribution in [3.8, 4) is 23.0 Å². The molecule has 23 heteroatoms. The summed E-state index contributed by atoms with van der Waals surface area (Å²) in [6, 6.07) is 35.5. The predicted molar refractivity (Wildman–Crippen MR) is 285 cm³/mol.